The van der Waals surface area contributed by atoms with E-state index in [1.54, 1.807) is 12.2 Å². The molecule has 0 amide bonds. The molecule has 3 nitrogen and oxygen atoms in total. The number of carboxylic acid groups (broad SMARTS) is 1. The maximum atomic E-state index is 11.6. The number of aliphatic carboxylic acids is 1. The third-order valence-corrected chi connectivity index (χ3v) is 3.97. The van der Waals surface area contributed by atoms with Crippen molar-refractivity contribution in [2.24, 2.45) is 11.3 Å². The predicted molar refractivity (Wildman–Crippen MR) is 72.5 cm³/mol. The van der Waals surface area contributed by atoms with Gasteiger partial charge in [0.15, 0.2) is 0 Å². The Bertz CT molecular complexity index is 344. The van der Waals surface area contributed by atoms with Gasteiger partial charge in [-0.05, 0) is 30.9 Å². The van der Waals surface area contributed by atoms with Gasteiger partial charge in [-0.1, -0.05) is 45.6 Å². The second kappa shape index (κ2) is 6.62. The quantitative estimate of drug-likeness (QED) is 0.672. The molecule has 0 heterocycles. The van der Waals surface area contributed by atoms with Crippen LogP contribution in [0, 0.1) is 11.3 Å². The Morgan fingerprint density at radius 1 is 1.44 bits per heavy atom. The molecule has 0 saturated carbocycles. The summed E-state index contributed by atoms with van der Waals surface area (Å²) >= 11 is 0. The van der Waals surface area contributed by atoms with E-state index in [4.69, 9.17) is 0 Å². The molecular weight excluding hydrogens is 228 g/mol. The fraction of sp³-hybridized carbons (Fsp3) is 0.667. The summed E-state index contributed by atoms with van der Waals surface area (Å²) in [7, 11) is 0. The lowest BCUT2D eigenvalue weighted by Crippen LogP contribution is -2.36. The molecule has 3 heteroatoms. The first kappa shape index (κ1) is 14.8. The summed E-state index contributed by atoms with van der Waals surface area (Å²) in [6, 6.07) is 0. The van der Waals surface area contributed by atoms with Gasteiger partial charge < -0.3 is 10.2 Å². The van der Waals surface area contributed by atoms with Crippen LogP contribution in [0.4, 0.5) is 0 Å². The van der Waals surface area contributed by atoms with E-state index in [1.165, 1.54) is 25.3 Å². The van der Waals surface area contributed by atoms with Gasteiger partial charge in [0.25, 0.3) is 0 Å². The normalized spacial score (nSPS) is 24.7. The first-order valence-corrected chi connectivity index (χ1v) is 6.84. The van der Waals surface area contributed by atoms with Crippen molar-refractivity contribution in [3.8, 4) is 0 Å². The molecule has 0 fully saturated rings. The minimum absolute atomic E-state index is 0.0902. The summed E-state index contributed by atoms with van der Waals surface area (Å²) in [5.41, 5.74) is -0.835. The number of hydrogen-bond acceptors (Lipinski definition) is 2. The number of unbranched alkanes of at least 4 members (excludes halogenated alkanes) is 3. The van der Waals surface area contributed by atoms with Crippen molar-refractivity contribution in [2.75, 3.05) is 0 Å². The van der Waals surface area contributed by atoms with Crippen LogP contribution in [0.25, 0.3) is 0 Å². The van der Waals surface area contributed by atoms with Crippen molar-refractivity contribution in [2.45, 2.75) is 52.4 Å². The summed E-state index contributed by atoms with van der Waals surface area (Å²) in [6.45, 7) is 4.17. The zero-order valence-corrected chi connectivity index (χ0v) is 11.4. The smallest absolute Gasteiger partial charge is 0.314 e. The number of hydrogen-bond donors (Lipinski definition) is 2. The molecule has 0 aromatic carbocycles. The van der Waals surface area contributed by atoms with Crippen LogP contribution in [0.1, 0.15) is 52.4 Å². The van der Waals surface area contributed by atoms with E-state index in [0.717, 1.165) is 12.8 Å². The van der Waals surface area contributed by atoms with Crippen molar-refractivity contribution in [1.29, 1.82) is 0 Å². The van der Waals surface area contributed by atoms with Crippen LogP contribution in [0.5, 0.6) is 0 Å². The Morgan fingerprint density at radius 2 is 2.17 bits per heavy atom. The van der Waals surface area contributed by atoms with Gasteiger partial charge in [-0.3, -0.25) is 4.79 Å². The minimum Gasteiger partial charge on any atom is -0.508 e. The molecule has 1 aliphatic rings. The Morgan fingerprint density at radius 3 is 2.67 bits per heavy atom. The van der Waals surface area contributed by atoms with E-state index >= 15 is 0 Å². The van der Waals surface area contributed by atoms with Gasteiger partial charge in [0.1, 0.15) is 5.76 Å². The van der Waals surface area contributed by atoms with E-state index in [9.17, 15) is 15.0 Å². The molecule has 0 spiro atoms. The highest BCUT2D eigenvalue weighted by atomic mass is 16.4. The number of aliphatic hydroxyl groups excluding tert-OH is 1. The predicted octanol–water partition coefficient (Wildman–Crippen LogP) is 4.07. The summed E-state index contributed by atoms with van der Waals surface area (Å²) in [6.07, 6.45) is 10.7. The standard InChI is InChI=1S/C15H24O3/c1-3-4-5-6-7-12(2)15(14(17)18)10-8-13(16)9-11-15/h8-10,12,16H,3-7,11H2,1-2H3,(H,17,18). The van der Waals surface area contributed by atoms with Crippen LogP contribution in [0.3, 0.4) is 0 Å². The van der Waals surface area contributed by atoms with Gasteiger partial charge in [0, 0.05) is 0 Å². The second-order valence-electron chi connectivity index (χ2n) is 5.26. The fourth-order valence-electron chi connectivity index (χ4n) is 2.51. The highest BCUT2D eigenvalue weighted by Gasteiger charge is 2.41. The third kappa shape index (κ3) is 3.37. The van der Waals surface area contributed by atoms with Crippen LogP contribution < -0.4 is 0 Å². The van der Waals surface area contributed by atoms with Crippen molar-refractivity contribution < 1.29 is 15.0 Å². The Balaban J connectivity index is 2.63. The lowest BCUT2D eigenvalue weighted by molar-refractivity contribution is -0.148. The van der Waals surface area contributed by atoms with Crippen LogP contribution in [-0.4, -0.2) is 16.2 Å². The molecule has 102 valence electrons. The SMILES string of the molecule is CCCCCCC(C)C1(C(=O)O)C=CC(O)=CC1. The number of carbonyl (C=O) groups is 1. The molecule has 0 aromatic rings. The molecule has 1 rings (SSSR count). The molecule has 1 aliphatic carbocycles. The molecule has 0 aromatic heterocycles. The van der Waals surface area contributed by atoms with Crippen molar-refractivity contribution in [3.05, 3.63) is 24.0 Å². The van der Waals surface area contributed by atoms with Gasteiger partial charge in [-0.15, -0.1) is 0 Å². The molecule has 0 aliphatic heterocycles. The Kier molecular flexibility index (Phi) is 5.45. The van der Waals surface area contributed by atoms with E-state index in [1.807, 2.05) is 6.92 Å². The van der Waals surface area contributed by atoms with E-state index in [-0.39, 0.29) is 11.7 Å². The lowest BCUT2D eigenvalue weighted by Gasteiger charge is -2.33. The Hall–Kier alpha value is -1.25. The number of rotatable bonds is 7. The van der Waals surface area contributed by atoms with Crippen molar-refractivity contribution in [3.63, 3.8) is 0 Å². The molecule has 2 N–H and O–H groups in total. The summed E-state index contributed by atoms with van der Waals surface area (Å²) in [5, 5.41) is 18.8. The summed E-state index contributed by atoms with van der Waals surface area (Å²) in [4.78, 5) is 11.6. The first-order valence-electron chi connectivity index (χ1n) is 6.84. The molecular formula is C15H24O3. The largest absolute Gasteiger partial charge is 0.508 e. The highest BCUT2D eigenvalue weighted by Crippen LogP contribution is 2.40. The third-order valence-electron chi connectivity index (χ3n) is 3.97. The van der Waals surface area contributed by atoms with E-state index in [2.05, 4.69) is 6.92 Å². The number of aliphatic hydroxyl groups is 1. The number of allylic oxidation sites excluding steroid dienone is 2. The van der Waals surface area contributed by atoms with Crippen LogP contribution in [0.15, 0.2) is 24.0 Å². The first-order chi connectivity index (χ1) is 8.53. The monoisotopic (exact) mass is 252 g/mol. The van der Waals surface area contributed by atoms with Crippen LogP contribution >= 0.6 is 0 Å². The number of carboxylic acids is 1. The molecule has 0 radical (unpaired) electrons. The molecule has 0 bridgehead atoms. The van der Waals surface area contributed by atoms with Crippen LogP contribution in [0.2, 0.25) is 0 Å². The molecule has 2 atom stereocenters. The zero-order valence-electron chi connectivity index (χ0n) is 11.4. The highest BCUT2D eigenvalue weighted by molar-refractivity contribution is 5.78. The van der Waals surface area contributed by atoms with Gasteiger partial charge in [0.2, 0.25) is 0 Å². The maximum Gasteiger partial charge on any atom is 0.314 e. The zero-order chi connectivity index (χ0) is 13.6. The van der Waals surface area contributed by atoms with Gasteiger partial charge in [-0.2, -0.15) is 0 Å². The van der Waals surface area contributed by atoms with E-state index in [0.29, 0.717) is 6.42 Å². The lowest BCUT2D eigenvalue weighted by atomic mass is 9.70. The summed E-state index contributed by atoms with van der Waals surface area (Å²) < 4.78 is 0. The molecule has 18 heavy (non-hydrogen) atoms. The average molecular weight is 252 g/mol. The van der Waals surface area contributed by atoms with Crippen molar-refractivity contribution >= 4 is 5.97 Å². The van der Waals surface area contributed by atoms with Gasteiger partial charge in [0.05, 0.1) is 5.41 Å². The average Bonchev–Trinajstić information content (AvgIpc) is 2.35. The van der Waals surface area contributed by atoms with E-state index < -0.39 is 11.4 Å². The second-order valence-corrected chi connectivity index (χ2v) is 5.26. The molecule has 0 saturated heterocycles. The fourth-order valence-corrected chi connectivity index (χ4v) is 2.51. The molecule has 2 unspecified atom stereocenters. The Labute approximate surface area is 109 Å². The topological polar surface area (TPSA) is 57.5 Å². The summed E-state index contributed by atoms with van der Waals surface area (Å²) in [5.74, 6) is -0.525. The van der Waals surface area contributed by atoms with Gasteiger partial charge in [-0.25, -0.2) is 0 Å². The van der Waals surface area contributed by atoms with Crippen LogP contribution in [-0.2, 0) is 4.79 Å². The maximum absolute atomic E-state index is 11.6. The van der Waals surface area contributed by atoms with Crippen molar-refractivity contribution in [1.82, 2.24) is 0 Å². The van der Waals surface area contributed by atoms with Gasteiger partial charge >= 0.3 is 5.97 Å². The minimum atomic E-state index is -0.835.